The molecule has 7 amide bonds. The Labute approximate surface area is 657 Å². The highest BCUT2D eigenvalue weighted by Gasteiger charge is 2.53. The molecule has 3 aromatic carbocycles. The topological polar surface area (TPSA) is 234 Å². The van der Waals surface area contributed by atoms with E-state index in [1.54, 1.807) is 32.6 Å². The van der Waals surface area contributed by atoms with Gasteiger partial charge in [-0.15, -0.1) is 0 Å². The van der Waals surface area contributed by atoms with Crippen molar-refractivity contribution in [1.82, 2.24) is 54.0 Å². The fraction of sp³-hybridized carbons (Fsp3) is 0.678. The van der Waals surface area contributed by atoms with E-state index in [0.717, 1.165) is 124 Å². The number of urea groups is 2. The monoisotopic (exact) mass is 1520 g/mol. The summed E-state index contributed by atoms with van der Waals surface area (Å²) in [7, 11) is 0. The van der Waals surface area contributed by atoms with Crippen LogP contribution in [0.3, 0.4) is 0 Å². The highest BCUT2D eigenvalue weighted by atomic mass is 16.2. The first kappa shape index (κ1) is 74.4. The van der Waals surface area contributed by atoms with Crippen LogP contribution in [0.1, 0.15) is 271 Å². The molecule has 9 saturated heterocycles. The molecule has 2 N–H and O–H groups in total. The summed E-state index contributed by atoms with van der Waals surface area (Å²) in [5.74, 6) is 5.64. The normalized spacial score (nSPS) is 35.6. The Morgan fingerprint density at radius 3 is 0.955 bits per heavy atom. The zero-order chi connectivity index (χ0) is 76.8. The summed E-state index contributed by atoms with van der Waals surface area (Å²) < 4.78 is 5.80. The van der Waals surface area contributed by atoms with Gasteiger partial charge >= 0.3 is 12.1 Å². The first-order valence-corrected chi connectivity index (χ1v) is 44.1. The van der Waals surface area contributed by atoms with E-state index in [2.05, 4.69) is 42.2 Å². The summed E-state index contributed by atoms with van der Waals surface area (Å²) in [6.07, 6.45) is 42.0. The van der Waals surface area contributed by atoms with Gasteiger partial charge < -0.3 is 24.3 Å². The summed E-state index contributed by atoms with van der Waals surface area (Å²) in [6, 6.07) is 27.6. The largest absolute Gasteiger partial charge is 0.331 e. The van der Waals surface area contributed by atoms with Gasteiger partial charge in [-0.25, -0.2) is 34.3 Å². The fourth-order valence-corrected chi connectivity index (χ4v) is 26.6. The number of nitrogens with one attached hydrogen (secondary N) is 2. The molecule has 21 rings (SSSR count). The van der Waals surface area contributed by atoms with Crippen LogP contribution in [0, 0.1) is 41.4 Å². The lowest BCUT2D eigenvalue weighted by molar-refractivity contribution is -0.121. The van der Waals surface area contributed by atoms with Crippen molar-refractivity contribution in [2.75, 3.05) is 21.2 Å². The number of carbonyl (C=O) groups excluding carboxylic acids is 5. The Kier molecular flexibility index (Phi) is 19.6. The van der Waals surface area contributed by atoms with Crippen molar-refractivity contribution in [3.8, 4) is 0 Å². The lowest BCUT2D eigenvalue weighted by Gasteiger charge is -2.55. The third-order valence-corrected chi connectivity index (χ3v) is 30.7. The number of benzene rings is 3. The van der Waals surface area contributed by atoms with Gasteiger partial charge in [0.05, 0.1) is 33.1 Å². The average Bonchev–Trinajstić information content (AvgIpc) is 1.25. The number of amides is 7. The molecule has 15 fully saturated rings. The van der Waals surface area contributed by atoms with Crippen LogP contribution in [-0.4, -0.2) is 145 Å². The molecule has 12 heterocycles. The predicted octanol–water partition coefficient (Wildman–Crippen LogP) is 14.8. The second-order valence-electron chi connectivity index (χ2n) is 39.0. The maximum Gasteiger partial charge on any atom is 0.331 e. The van der Waals surface area contributed by atoms with E-state index in [9.17, 15) is 38.4 Å². The first-order valence-electron chi connectivity index (χ1n) is 44.1. The van der Waals surface area contributed by atoms with Crippen LogP contribution in [-0.2, 0) is 14.4 Å². The number of hydrogen-bond acceptors (Lipinski definition) is 14. The molecule has 112 heavy (non-hydrogen) atoms. The zero-order valence-corrected chi connectivity index (χ0v) is 66.8. The van der Waals surface area contributed by atoms with Crippen molar-refractivity contribution >= 4 is 80.3 Å². The lowest BCUT2D eigenvalue weighted by Crippen LogP contribution is -2.59. The number of imide groups is 2. The molecular weight excluding hydrogens is 1410 g/mol. The van der Waals surface area contributed by atoms with Gasteiger partial charge in [0, 0.05) is 85.5 Å². The van der Waals surface area contributed by atoms with Gasteiger partial charge in [0.25, 0.3) is 28.5 Å². The maximum absolute atomic E-state index is 14.2. The molecule has 9 aliphatic heterocycles. The Balaban J connectivity index is 0.000000113. The minimum Gasteiger partial charge on any atom is -0.323 e. The van der Waals surface area contributed by atoms with Gasteiger partial charge in [0.2, 0.25) is 23.4 Å². The molecule has 6 saturated carbocycles. The third kappa shape index (κ3) is 13.5. The second kappa shape index (κ2) is 29.5. The number of fused-ring (bicyclic) bond motifs is 15. The second-order valence-corrected chi connectivity index (χ2v) is 39.0. The van der Waals surface area contributed by atoms with Gasteiger partial charge in [-0.05, 0) is 260 Å². The standard InChI is InChI=1S/C31H41N5O3.C30H39N5O3.C29H38N4O2/c1-18-11-19-13-20(12-18)15-23(14-19)34-21-7-6-8-22(34)17-24(16-21)35-26-10-5-4-9-25(26)32-27(28(35)37)36-29(38)31(2,3)33-30(36)39;1-30(2)28(37)35(29(38)32-30)26-27(36)34(25-12-4-3-11-24(25)31-26)23-16-20-9-6-10-21(17-23)33(20)22-14-18-7-5-8-19(13-18)15-22;34-27-12-5-13-31(27)28-29(35)33(26-11-2-1-10-25(26)30-28)24-17-21-8-4-9-22(18-24)32(21)23-15-19-6-3-7-20(14-19)16-23/h4-5,9-10,18-24H,6-8,11-17H2,1-3H3,(H,33,39);3-4,11-12,18-23H,5-10,13-17H2,1-2H3,(H,32,38);1-2,10-11,19-24H,3-9,12-18H2/t18?,19-,20+,21-,22+,23?,24?;18-,19+,20-,21+,22?,23?;19-,20+,21-,22+,23?,24?. The number of nitrogens with zero attached hydrogens (tertiary/aromatic N) is 12. The number of aromatic nitrogens is 6. The van der Waals surface area contributed by atoms with E-state index >= 15 is 0 Å². The molecule has 7 unspecified atom stereocenters. The molecule has 596 valence electrons. The molecule has 15 aliphatic rings. The van der Waals surface area contributed by atoms with Gasteiger partial charge in [-0.2, -0.15) is 0 Å². The summed E-state index contributed by atoms with van der Waals surface area (Å²) in [4.78, 5) is 133. The van der Waals surface area contributed by atoms with E-state index in [-0.39, 0.29) is 52.3 Å². The molecule has 22 heteroatoms. The highest BCUT2D eigenvalue weighted by Crippen LogP contribution is 2.53. The molecule has 22 nitrogen and oxygen atoms in total. The van der Waals surface area contributed by atoms with E-state index in [0.29, 0.717) is 78.2 Å². The zero-order valence-electron chi connectivity index (χ0n) is 66.8. The Bertz CT molecular complexity index is 4790. The van der Waals surface area contributed by atoms with Gasteiger partial charge in [0.15, 0.2) is 0 Å². The van der Waals surface area contributed by atoms with Crippen LogP contribution in [0.2, 0.25) is 0 Å². The molecule has 19 atom stereocenters. The molecular formula is C90H118N14O8. The molecule has 0 radical (unpaired) electrons. The van der Waals surface area contributed by atoms with Crippen molar-refractivity contribution in [3.05, 3.63) is 104 Å². The molecule has 0 spiro atoms. The first-order chi connectivity index (χ1) is 54.1. The van der Waals surface area contributed by atoms with Crippen molar-refractivity contribution in [2.45, 2.75) is 337 Å². The summed E-state index contributed by atoms with van der Waals surface area (Å²) in [5, 5.41) is 5.40. The summed E-state index contributed by atoms with van der Waals surface area (Å²) >= 11 is 0. The van der Waals surface area contributed by atoms with Crippen molar-refractivity contribution in [2.24, 2.45) is 41.4 Å². The van der Waals surface area contributed by atoms with Crippen LogP contribution in [0.25, 0.3) is 33.1 Å². The van der Waals surface area contributed by atoms with Gasteiger partial charge in [-0.3, -0.25) is 48.4 Å². The number of carbonyl (C=O) groups is 5. The van der Waals surface area contributed by atoms with Crippen molar-refractivity contribution in [3.63, 3.8) is 0 Å². The highest BCUT2D eigenvalue weighted by molar-refractivity contribution is 6.23. The van der Waals surface area contributed by atoms with Gasteiger partial charge in [-0.1, -0.05) is 101 Å². The van der Waals surface area contributed by atoms with E-state index < -0.39 is 35.0 Å². The number of hydrogen-bond donors (Lipinski definition) is 2. The molecule has 3 aromatic heterocycles. The van der Waals surface area contributed by atoms with Crippen LogP contribution in [0.5, 0.6) is 0 Å². The fourth-order valence-electron chi connectivity index (χ4n) is 26.6. The SMILES string of the molecule is CC1(C)NC(=O)N(c2nc3ccccc3n(C3C[C@H]4CCC[C@@H](C3)N4C3C[C@H]4CCC[C@@H](C3)C4)c2=O)C1=O.CC1C[C@@H]2CC(N3[C@@H]4CCC[C@H]3CC(n3c(=O)c(N5C(=O)NC(C)(C)C5=O)nc5ccccc53)C4)C[C@H](C1)C2.O=C1CCCN1c1nc2ccccc2n(C2C[C@H]3CCC[C@@H](C2)N3C2C[C@H]3CCC[C@@H](C2)C3)c1=O. The third-order valence-electron chi connectivity index (χ3n) is 30.7. The van der Waals surface area contributed by atoms with E-state index in [1.165, 1.54) is 167 Å². The van der Waals surface area contributed by atoms with Crippen molar-refractivity contribution < 1.29 is 24.0 Å². The predicted molar refractivity (Wildman–Crippen MR) is 434 cm³/mol. The molecule has 12 bridgehead atoms. The number of para-hydroxylation sites is 6. The summed E-state index contributed by atoms with van der Waals surface area (Å²) in [5.41, 5.74) is 1.73. The van der Waals surface area contributed by atoms with Crippen molar-refractivity contribution in [1.29, 1.82) is 0 Å². The summed E-state index contributed by atoms with van der Waals surface area (Å²) in [6.45, 7) is 9.66. The molecule has 6 aliphatic carbocycles. The van der Waals surface area contributed by atoms with Gasteiger partial charge in [0.1, 0.15) is 11.1 Å². The van der Waals surface area contributed by atoms with Crippen LogP contribution in [0.4, 0.5) is 27.0 Å². The van der Waals surface area contributed by atoms with E-state index in [4.69, 9.17) is 4.98 Å². The average molecular weight is 1520 g/mol. The lowest BCUT2D eigenvalue weighted by atomic mass is 9.65. The Hall–Kier alpha value is -7.69. The number of rotatable bonds is 9. The number of piperidine rings is 6. The Morgan fingerprint density at radius 1 is 0.330 bits per heavy atom. The Morgan fingerprint density at radius 2 is 0.634 bits per heavy atom. The smallest absolute Gasteiger partial charge is 0.323 e. The minimum absolute atomic E-state index is 0.0209. The van der Waals surface area contributed by atoms with E-state index in [1.807, 2.05) is 86.5 Å². The number of anilines is 3. The van der Waals surface area contributed by atoms with Crippen LogP contribution < -0.4 is 42.0 Å². The maximum atomic E-state index is 14.2. The minimum atomic E-state index is -1.07. The quantitative estimate of drug-likeness (QED) is 0.128. The molecule has 6 aromatic rings. The van der Waals surface area contributed by atoms with Crippen LogP contribution >= 0.6 is 0 Å². The van der Waals surface area contributed by atoms with Crippen LogP contribution in [0.15, 0.2) is 87.2 Å².